The zero-order valence-corrected chi connectivity index (χ0v) is 10.7. The van der Waals surface area contributed by atoms with E-state index in [-0.39, 0.29) is 0 Å². The smallest absolute Gasteiger partial charge is 0.0361 e. The van der Waals surface area contributed by atoms with E-state index in [1.165, 1.54) is 11.1 Å². The first kappa shape index (κ1) is 10.8. The molecule has 1 N–H and O–H groups in total. The fourth-order valence-corrected chi connectivity index (χ4v) is 2.96. The summed E-state index contributed by atoms with van der Waals surface area (Å²) in [5, 5.41) is 7.33. The minimum Gasteiger partial charge on any atom is -0.316 e. The Morgan fingerprint density at radius 3 is 2.93 bits per heavy atom. The number of pyridine rings is 1. The molecule has 0 aliphatic heterocycles. The fraction of sp³-hybridized carbons (Fsp3) is 0.182. The lowest BCUT2D eigenvalue weighted by Crippen LogP contribution is -2.05. The Kier molecular flexibility index (Phi) is 3.51. The van der Waals surface area contributed by atoms with E-state index in [2.05, 4.69) is 43.1 Å². The summed E-state index contributed by atoms with van der Waals surface area (Å²) in [5.41, 5.74) is 3.58. The van der Waals surface area contributed by atoms with Crippen LogP contribution in [0, 0.1) is 0 Å². The molecule has 0 atom stereocenters. The van der Waals surface area contributed by atoms with Crippen LogP contribution in [0.15, 0.2) is 33.7 Å². The maximum Gasteiger partial charge on any atom is 0.0361 e. The lowest BCUT2D eigenvalue weighted by Gasteiger charge is -2.03. The maximum atomic E-state index is 4.24. The summed E-state index contributed by atoms with van der Waals surface area (Å²) in [7, 11) is 1.94. The average Bonchev–Trinajstić information content (AvgIpc) is 2.65. The Morgan fingerprint density at radius 1 is 1.40 bits per heavy atom. The van der Waals surface area contributed by atoms with E-state index in [1.807, 2.05) is 19.4 Å². The molecular formula is C11H11BrN2S. The van der Waals surface area contributed by atoms with E-state index < -0.39 is 0 Å². The van der Waals surface area contributed by atoms with Gasteiger partial charge in [0.2, 0.25) is 0 Å². The van der Waals surface area contributed by atoms with Gasteiger partial charge in [-0.3, -0.25) is 4.98 Å². The summed E-state index contributed by atoms with van der Waals surface area (Å²) in [5.74, 6) is 0. The van der Waals surface area contributed by atoms with Crippen LogP contribution in [0.2, 0.25) is 0 Å². The largest absolute Gasteiger partial charge is 0.316 e. The molecule has 0 fully saturated rings. The third-order valence-electron chi connectivity index (χ3n) is 2.10. The summed E-state index contributed by atoms with van der Waals surface area (Å²) in [6, 6.07) is 2.16. The monoisotopic (exact) mass is 282 g/mol. The van der Waals surface area contributed by atoms with Crippen molar-refractivity contribution < 1.29 is 0 Å². The van der Waals surface area contributed by atoms with Crippen LogP contribution in [0.25, 0.3) is 11.1 Å². The van der Waals surface area contributed by atoms with Crippen molar-refractivity contribution in [1.29, 1.82) is 0 Å². The van der Waals surface area contributed by atoms with Crippen LogP contribution >= 0.6 is 27.3 Å². The predicted molar refractivity (Wildman–Crippen MR) is 68.0 cm³/mol. The van der Waals surface area contributed by atoms with Gasteiger partial charge in [-0.1, -0.05) is 0 Å². The first-order chi connectivity index (χ1) is 7.31. The molecule has 78 valence electrons. The topological polar surface area (TPSA) is 24.9 Å². The number of hydrogen-bond donors (Lipinski definition) is 1. The van der Waals surface area contributed by atoms with Gasteiger partial charge in [-0.05, 0) is 40.0 Å². The minimum absolute atomic E-state index is 0.850. The van der Waals surface area contributed by atoms with Crippen LogP contribution in [0.5, 0.6) is 0 Å². The molecule has 0 saturated heterocycles. The van der Waals surface area contributed by atoms with Gasteiger partial charge in [0.1, 0.15) is 0 Å². The first-order valence-corrected chi connectivity index (χ1v) is 6.35. The molecule has 2 heterocycles. The summed E-state index contributed by atoms with van der Waals surface area (Å²) in [6.07, 6.45) is 3.78. The van der Waals surface area contributed by atoms with Gasteiger partial charge in [0.05, 0.1) is 0 Å². The second-order valence-corrected chi connectivity index (χ2v) is 4.84. The highest BCUT2D eigenvalue weighted by Gasteiger charge is 2.04. The van der Waals surface area contributed by atoms with Crippen molar-refractivity contribution in [3.05, 3.63) is 39.3 Å². The molecule has 0 aliphatic carbocycles. The van der Waals surface area contributed by atoms with Crippen molar-refractivity contribution in [3.8, 4) is 11.1 Å². The third kappa shape index (κ3) is 2.45. The van der Waals surface area contributed by atoms with Crippen molar-refractivity contribution in [2.75, 3.05) is 7.05 Å². The second kappa shape index (κ2) is 4.88. The minimum atomic E-state index is 0.850. The standard InChI is InChI=1S/C11H11BrN2S/c1-13-3-8-2-9(5-14-4-8)10-6-15-7-11(10)12/h2,4-7,13H,3H2,1H3. The third-order valence-corrected chi connectivity index (χ3v) is 3.80. The van der Waals surface area contributed by atoms with Crippen molar-refractivity contribution in [3.63, 3.8) is 0 Å². The van der Waals surface area contributed by atoms with Crippen LogP contribution in [-0.2, 0) is 6.54 Å². The molecule has 0 amide bonds. The van der Waals surface area contributed by atoms with Crippen molar-refractivity contribution >= 4 is 27.3 Å². The van der Waals surface area contributed by atoms with Crippen LogP contribution in [-0.4, -0.2) is 12.0 Å². The van der Waals surface area contributed by atoms with Crippen LogP contribution in [0.1, 0.15) is 5.56 Å². The molecule has 0 unspecified atom stereocenters. The zero-order chi connectivity index (χ0) is 10.7. The Hall–Kier alpha value is -0.710. The summed E-state index contributed by atoms with van der Waals surface area (Å²) in [4.78, 5) is 4.24. The van der Waals surface area contributed by atoms with E-state index in [9.17, 15) is 0 Å². The average molecular weight is 283 g/mol. The molecule has 0 bridgehead atoms. The number of hydrogen-bond acceptors (Lipinski definition) is 3. The Bertz CT molecular complexity index is 453. The molecule has 15 heavy (non-hydrogen) atoms. The Morgan fingerprint density at radius 2 is 2.27 bits per heavy atom. The van der Waals surface area contributed by atoms with Crippen LogP contribution in [0.3, 0.4) is 0 Å². The Labute approximate surface area is 101 Å². The van der Waals surface area contributed by atoms with Gasteiger partial charge < -0.3 is 5.32 Å². The zero-order valence-electron chi connectivity index (χ0n) is 8.33. The van der Waals surface area contributed by atoms with Crippen molar-refractivity contribution in [2.45, 2.75) is 6.54 Å². The fourth-order valence-electron chi connectivity index (χ4n) is 1.42. The summed E-state index contributed by atoms with van der Waals surface area (Å²) >= 11 is 5.22. The quantitative estimate of drug-likeness (QED) is 0.935. The molecule has 2 nitrogen and oxygen atoms in total. The van der Waals surface area contributed by atoms with Crippen LogP contribution in [0.4, 0.5) is 0 Å². The molecular weight excluding hydrogens is 272 g/mol. The molecule has 0 aromatic carbocycles. The van der Waals surface area contributed by atoms with Gasteiger partial charge in [-0.25, -0.2) is 0 Å². The van der Waals surface area contributed by atoms with E-state index in [4.69, 9.17) is 0 Å². The molecule has 0 saturated carbocycles. The second-order valence-electron chi connectivity index (χ2n) is 3.25. The number of thiophene rings is 1. The van der Waals surface area contributed by atoms with E-state index in [0.29, 0.717) is 0 Å². The predicted octanol–water partition coefficient (Wildman–Crippen LogP) is 3.29. The molecule has 4 heteroatoms. The SMILES string of the molecule is CNCc1cncc(-c2cscc2Br)c1. The van der Waals surface area contributed by atoms with E-state index in [1.54, 1.807) is 11.3 Å². The number of nitrogens with zero attached hydrogens (tertiary/aromatic N) is 1. The van der Waals surface area contributed by atoms with Gasteiger partial charge in [0.25, 0.3) is 0 Å². The number of rotatable bonds is 3. The van der Waals surface area contributed by atoms with Crippen molar-refractivity contribution in [1.82, 2.24) is 10.3 Å². The number of aromatic nitrogens is 1. The summed E-state index contributed by atoms with van der Waals surface area (Å²) < 4.78 is 1.14. The maximum absolute atomic E-state index is 4.24. The highest BCUT2D eigenvalue weighted by Crippen LogP contribution is 2.31. The molecule has 2 rings (SSSR count). The van der Waals surface area contributed by atoms with E-state index in [0.717, 1.165) is 16.6 Å². The molecule has 2 aromatic rings. The van der Waals surface area contributed by atoms with Gasteiger partial charge in [-0.2, -0.15) is 11.3 Å². The lowest BCUT2D eigenvalue weighted by atomic mass is 10.1. The highest BCUT2D eigenvalue weighted by molar-refractivity contribution is 9.10. The number of halogens is 1. The van der Waals surface area contributed by atoms with Gasteiger partial charge >= 0.3 is 0 Å². The van der Waals surface area contributed by atoms with Gasteiger partial charge in [0, 0.05) is 39.9 Å². The Balaban J connectivity index is 2.37. The normalized spacial score (nSPS) is 10.5. The van der Waals surface area contributed by atoms with Crippen molar-refractivity contribution in [2.24, 2.45) is 0 Å². The lowest BCUT2D eigenvalue weighted by molar-refractivity contribution is 0.813. The van der Waals surface area contributed by atoms with E-state index >= 15 is 0 Å². The highest BCUT2D eigenvalue weighted by atomic mass is 79.9. The van der Waals surface area contributed by atoms with Gasteiger partial charge in [0.15, 0.2) is 0 Å². The molecule has 0 radical (unpaired) electrons. The first-order valence-electron chi connectivity index (χ1n) is 4.62. The molecule has 0 aliphatic rings. The molecule has 0 spiro atoms. The summed E-state index contributed by atoms with van der Waals surface area (Å²) in [6.45, 7) is 0.850. The van der Waals surface area contributed by atoms with Gasteiger partial charge in [-0.15, -0.1) is 0 Å². The van der Waals surface area contributed by atoms with Crippen LogP contribution < -0.4 is 5.32 Å². The number of nitrogens with one attached hydrogen (secondary N) is 1. The molecule has 2 aromatic heterocycles.